The summed E-state index contributed by atoms with van der Waals surface area (Å²) in [5, 5.41) is 11.3. The molecule has 0 saturated carbocycles. The van der Waals surface area contributed by atoms with Crippen LogP contribution in [0, 0.1) is 17.2 Å². The Hall–Kier alpha value is -3.30. The van der Waals surface area contributed by atoms with E-state index >= 15 is 0 Å². The number of nitrogens with one attached hydrogen (secondary N) is 1. The third kappa shape index (κ3) is 29.3. The van der Waals surface area contributed by atoms with Crippen LogP contribution in [0.3, 0.4) is 0 Å². The summed E-state index contributed by atoms with van der Waals surface area (Å²) in [4.78, 5) is 33.9. The highest BCUT2D eigenvalue weighted by molar-refractivity contribution is 7.44. The minimum atomic E-state index is -1.73. The third-order valence-electron chi connectivity index (χ3n) is 12.8. The zero-order valence-electron chi connectivity index (χ0n) is 46.0. The van der Waals surface area contributed by atoms with E-state index in [9.17, 15) is 14.9 Å². The van der Waals surface area contributed by atoms with Crippen LogP contribution < -0.4 is 11.2 Å². The van der Waals surface area contributed by atoms with Gasteiger partial charge in [-0.15, -0.1) is 0 Å². The Morgan fingerprint density at radius 3 is 1.70 bits per heavy atom. The van der Waals surface area contributed by atoms with Crippen molar-refractivity contribution in [3.8, 4) is 6.07 Å². The van der Waals surface area contributed by atoms with Crippen molar-refractivity contribution in [3.63, 3.8) is 0 Å². The molecule has 3 atom stereocenters. The third-order valence-corrected chi connectivity index (χ3v) is 14.9. The predicted molar refractivity (Wildman–Crippen MR) is 296 cm³/mol. The molecule has 0 aromatic carbocycles. The van der Waals surface area contributed by atoms with E-state index < -0.39 is 32.1 Å². The number of aromatic nitrogens is 2. The number of aromatic amines is 1. The summed E-state index contributed by atoms with van der Waals surface area (Å²) < 4.78 is 28.9. The number of allylic oxidation sites excluding steroid dienone is 8. The Morgan fingerprint density at radius 1 is 0.746 bits per heavy atom. The van der Waals surface area contributed by atoms with Gasteiger partial charge in [0.05, 0.1) is 19.1 Å². The summed E-state index contributed by atoms with van der Waals surface area (Å²) in [6.45, 7) is 13.8. The molecule has 2 rings (SSSR count). The normalized spacial score (nSPS) is 16.0. The molecule has 0 saturated heterocycles. The van der Waals surface area contributed by atoms with E-state index in [1.54, 1.807) is 0 Å². The maximum Gasteiger partial charge on any atom is 0.331 e. The molecule has 1 aliphatic rings. The molecule has 71 heavy (non-hydrogen) atoms. The van der Waals surface area contributed by atoms with Gasteiger partial charge >= 0.3 is 14.2 Å². The molecule has 1 aliphatic heterocycles. The topological polar surface area (TPSA) is 131 Å². The van der Waals surface area contributed by atoms with Crippen molar-refractivity contribution in [1.29, 1.82) is 5.26 Å². The van der Waals surface area contributed by atoms with Crippen molar-refractivity contribution in [3.05, 3.63) is 93.2 Å². The number of unbranched alkanes of at least 4 members (excludes halogenated alkanes) is 18. The fraction of sp³-hybridized carbons (Fsp3) is 0.741. The molecule has 0 radical (unpaired) electrons. The minimum absolute atomic E-state index is 0.0353. The molecule has 0 fully saturated rings. The van der Waals surface area contributed by atoms with Gasteiger partial charge in [0.15, 0.2) is 17.6 Å². The van der Waals surface area contributed by atoms with Crippen LogP contribution in [0.4, 0.5) is 0 Å². The van der Waals surface area contributed by atoms with Crippen LogP contribution in [0.5, 0.6) is 0 Å². The SMILES string of the molecule is CCCCC/C=C\C/C=C\CCCCCCCCC(CCCCCCCC/C=C\C/C=C\CCCCC)CN(C)OCC1=C(OP(OCCC#N)N(C(C)C)C(C)C)C(OC)[C@H](n2ccc(=O)[nH]c2=O)O1. The lowest BCUT2D eigenvalue weighted by molar-refractivity contribution is -0.151. The number of hydrogen-bond acceptors (Lipinski definition) is 10. The Bertz CT molecular complexity index is 1740. The summed E-state index contributed by atoms with van der Waals surface area (Å²) in [6.07, 6.45) is 50.6. The Morgan fingerprint density at radius 2 is 1.24 bits per heavy atom. The molecular weight excluding hydrogens is 910 g/mol. The fourth-order valence-electron chi connectivity index (χ4n) is 8.94. The number of H-pyrrole nitrogens is 1. The molecule has 404 valence electrons. The maximum absolute atomic E-state index is 13.1. The van der Waals surface area contributed by atoms with Crippen molar-refractivity contribution < 1.29 is 23.4 Å². The molecule has 0 amide bonds. The van der Waals surface area contributed by atoms with Crippen LogP contribution in [0.15, 0.2) is 82.0 Å². The second kappa shape index (κ2) is 42.1. The Labute approximate surface area is 433 Å². The smallest absolute Gasteiger partial charge is 0.331 e. The first kappa shape index (κ1) is 63.8. The quantitative estimate of drug-likeness (QED) is 0.0292. The standard InChI is InChI=1S/C58H100N5O7P/c1-9-11-13-15-17-19-21-23-25-27-29-31-33-35-37-39-42-52(43-40-38-36-34-32-30-28-26-24-22-20-18-16-14-12-10-2)48-61(7)67-49-53-55(70-71(68-47-41-45-59)63(50(3)4)51(5)6)56(66-8)57(69-53)62-46-44-54(64)60-58(62)65/h17-20,23-26,44,46,50-52,56-57H,9-16,21-22,27-43,47-49H2,1-8H3,(H,60,64,65)/b19-17-,20-18-,25-23-,26-24-/t56?,57-,71?/m1/s1. The number of nitrogens with zero attached hydrogens (tertiary/aromatic N) is 4. The van der Waals surface area contributed by atoms with E-state index in [1.165, 1.54) is 165 Å². The van der Waals surface area contributed by atoms with E-state index in [1.807, 2.05) is 12.1 Å². The van der Waals surface area contributed by atoms with Crippen LogP contribution in [0.25, 0.3) is 0 Å². The van der Waals surface area contributed by atoms with Gasteiger partial charge in [-0.3, -0.25) is 19.2 Å². The summed E-state index contributed by atoms with van der Waals surface area (Å²) >= 11 is 0. The van der Waals surface area contributed by atoms with Crippen molar-refractivity contribution in [2.45, 2.75) is 239 Å². The van der Waals surface area contributed by atoms with Crippen LogP contribution in [0.1, 0.15) is 221 Å². The van der Waals surface area contributed by atoms with Crippen LogP contribution >= 0.6 is 8.53 Å². The lowest BCUT2D eigenvalue weighted by Gasteiger charge is -2.36. The van der Waals surface area contributed by atoms with E-state index in [2.05, 4.69) is 106 Å². The van der Waals surface area contributed by atoms with Gasteiger partial charge in [-0.1, -0.05) is 152 Å². The highest BCUT2D eigenvalue weighted by Crippen LogP contribution is 2.51. The van der Waals surface area contributed by atoms with E-state index in [0.29, 0.717) is 17.4 Å². The molecule has 2 heterocycles. The molecular formula is C58H100N5O7P. The number of hydroxylamine groups is 2. The van der Waals surface area contributed by atoms with Gasteiger partial charge in [-0.05, 0) is 111 Å². The van der Waals surface area contributed by atoms with Crippen molar-refractivity contribution in [2.24, 2.45) is 5.92 Å². The van der Waals surface area contributed by atoms with Gasteiger partial charge in [0.1, 0.15) is 6.61 Å². The summed E-state index contributed by atoms with van der Waals surface area (Å²) in [5.41, 5.74) is -1.13. The molecule has 1 aromatic heterocycles. The summed E-state index contributed by atoms with van der Waals surface area (Å²) in [6, 6.07) is 3.55. The van der Waals surface area contributed by atoms with E-state index in [-0.39, 0.29) is 31.7 Å². The maximum atomic E-state index is 13.1. The van der Waals surface area contributed by atoms with Crippen molar-refractivity contribution >= 4 is 8.53 Å². The van der Waals surface area contributed by atoms with E-state index in [0.717, 1.165) is 32.2 Å². The molecule has 0 aliphatic carbocycles. The molecule has 12 nitrogen and oxygen atoms in total. The number of rotatable bonds is 45. The van der Waals surface area contributed by atoms with E-state index in [4.69, 9.17) is 23.4 Å². The van der Waals surface area contributed by atoms with Crippen LogP contribution in [-0.4, -0.2) is 71.4 Å². The number of nitriles is 1. The van der Waals surface area contributed by atoms with Gasteiger partial charge in [0.2, 0.25) is 6.23 Å². The molecule has 0 bridgehead atoms. The van der Waals surface area contributed by atoms with Gasteiger partial charge in [0.25, 0.3) is 5.56 Å². The summed E-state index contributed by atoms with van der Waals surface area (Å²) in [7, 11) is 1.79. The lowest BCUT2D eigenvalue weighted by atomic mass is 9.94. The lowest BCUT2D eigenvalue weighted by Crippen LogP contribution is -2.37. The predicted octanol–water partition coefficient (Wildman–Crippen LogP) is 15.5. The van der Waals surface area contributed by atoms with Gasteiger partial charge in [0, 0.05) is 45.0 Å². The number of ether oxygens (including phenoxy) is 2. The largest absolute Gasteiger partial charge is 0.465 e. The minimum Gasteiger partial charge on any atom is -0.465 e. The fourth-order valence-corrected chi connectivity index (χ4v) is 10.6. The summed E-state index contributed by atoms with van der Waals surface area (Å²) in [5.74, 6) is 1.22. The highest BCUT2D eigenvalue weighted by atomic mass is 31.2. The molecule has 13 heteroatoms. The monoisotopic (exact) mass is 1010 g/mol. The molecule has 1 aromatic rings. The van der Waals surface area contributed by atoms with Crippen molar-refractivity contribution in [1.82, 2.24) is 19.3 Å². The molecule has 2 unspecified atom stereocenters. The zero-order valence-corrected chi connectivity index (χ0v) is 46.9. The van der Waals surface area contributed by atoms with Gasteiger partial charge in [-0.2, -0.15) is 10.3 Å². The highest BCUT2D eigenvalue weighted by Gasteiger charge is 2.44. The van der Waals surface area contributed by atoms with Crippen LogP contribution in [0.2, 0.25) is 0 Å². The van der Waals surface area contributed by atoms with Crippen molar-refractivity contribution in [2.75, 3.05) is 33.9 Å². The Balaban J connectivity index is 2.07. The second-order valence-electron chi connectivity index (χ2n) is 19.8. The first-order chi connectivity index (χ1) is 34.6. The van der Waals surface area contributed by atoms with Gasteiger partial charge < -0.3 is 18.5 Å². The zero-order chi connectivity index (χ0) is 51.7. The van der Waals surface area contributed by atoms with Crippen LogP contribution in [-0.2, 0) is 23.4 Å². The Kier molecular flexibility index (Phi) is 37.8. The second-order valence-corrected chi connectivity index (χ2v) is 21.2. The first-order valence-corrected chi connectivity index (χ1v) is 29.1. The number of hydrogen-bond donors (Lipinski definition) is 1. The molecule has 0 spiro atoms. The number of methoxy groups -OCH3 is 1. The van der Waals surface area contributed by atoms with Gasteiger partial charge in [-0.25, -0.2) is 9.46 Å². The average Bonchev–Trinajstić information content (AvgIpc) is 3.68. The average molecular weight is 1010 g/mol. The molecule has 1 N–H and O–H groups in total. The first-order valence-electron chi connectivity index (χ1n) is 28.0.